The number of benzene rings is 1. The van der Waals surface area contributed by atoms with Crippen molar-refractivity contribution in [3.05, 3.63) is 35.4 Å². The lowest BCUT2D eigenvalue weighted by Crippen LogP contribution is -2.53. The third-order valence-electron chi connectivity index (χ3n) is 2.65. The molecule has 1 rings (SSSR count). The van der Waals surface area contributed by atoms with Gasteiger partial charge >= 0.3 is 30.1 Å². The molecule has 0 saturated heterocycles. The molecular weight excluding hydrogens is 385 g/mol. The second kappa shape index (κ2) is 7.86. The average Bonchev–Trinajstić information content (AvgIpc) is 2.53. The van der Waals surface area contributed by atoms with Gasteiger partial charge in [0.1, 0.15) is 6.61 Å². The van der Waals surface area contributed by atoms with Gasteiger partial charge < -0.3 is 9.84 Å². The molecule has 0 atom stereocenters. The van der Waals surface area contributed by atoms with E-state index in [9.17, 15) is 40.3 Å². The summed E-state index contributed by atoms with van der Waals surface area (Å²) in [4.78, 5) is 30.3. The summed E-state index contributed by atoms with van der Waals surface area (Å²) >= 11 is 0. The van der Waals surface area contributed by atoms with Crippen LogP contribution in [0, 0.1) is 0 Å². The van der Waals surface area contributed by atoms with E-state index in [0.717, 1.165) is 18.2 Å². The first-order valence-electron chi connectivity index (χ1n) is 6.43. The lowest BCUT2D eigenvalue weighted by molar-refractivity contribution is -0.426. The highest BCUT2D eigenvalue weighted by Crippen LogP contribution is 2.46. The lowest BCUT2D eigenvalue weighted by Gasteiger charge is -2.27. The summed E-state index contributed by atoms with van der Waals surface area (Å²) in [5.74, 6) is -9.06. The van der Waals surface area contributed by atoms with Crippen LogP contribution in [-0.2, 0) is 14.5 Å². The molecule has 0 aliphatic rings. The zero-order chi connectivity index (χ0) is 20.2. The Kier molecular flexibility index (Phi) is 6.54. The fourth-order valence-corrected chi connectivity index (χ4v) is 1.38. The Morgan fingerprint density at radius 3 is 2.08 bits per heavy atom. The maximum atomic E-state index is 12.8. The molecule has 26 heavy (non-hydrogen) atoms. The highest BCUT2D eigenvalue weighted by molar-refractivity contribution is 5.94. The Hall–Kier alpha value is -2.41. The van der Waals surface area contributed by atoms with Gasteiger partial charge in [-0.05, 0) is 18.2 Å². The van der Waals surface area contributed by atoms with E-state index in [-0.39, 0.29) is 11.1 Å². The van der Waals surface area contributed by atoms with E-state index >= 15 is 0 Å². The van der Waals surface area contributed by atoms with Crippen molar-refractivity contribution in [3.63, 3.8) is 0 Å². The van der Waals surface area contributed by atoms with E-state index in [0.29, 0.717) is 0 Å². The number of carboxylic acids is 1. The van der Waals surface area contributed by atoms with Gasteiger partial charge in [0.2, 0.25) is 0 Å². The molecule has 0 heterocycles. The molecule has 0 saturated carbocycles. The first kappa shape index (κ1) is 21.6. The number of hydrogen-bond donors (Lipinski definition) is 1. The molecule has 0 unspecified atom stereocenters. The van der Waals surface area contributed by atoms with E-state index in [1.54, 1.807) is 0 Å². The highest BCUT2D eigenvalue weighted by atomic mass is 19.4. The zero-order valence-electron chi connectivity index (χ0n) is 12.4. The number of alkyl halides is 7. The summed E-state index contributed by atoms with van der Waals surface area (Å²) in [5, 5.41) is 8.72. The van der Waals surface area contributed by atoms with Gasteiger partial charge in [-0.2, -0.15) is 35.6 Å². The maximum Gasteiger partial charge on any atom is 0.462 e. The molecule has 1 aromatic carbocycles. The molecule has 0 aromatic heterocycles. The summed E-state index contributed by atoms with van der Waals surface area (Å²) in [5.41, 5.74) is -0.587. The van der Waals surface area contributed by atoms with Crippen LogP contribution in [0.5, 0.6) is 0 Å². The maximum absolute atomic E-state index is 12.8. The van der Waals surface area contributed by atoms with Crippen LogP contribution in [0.15, 0.2) is 24.3 Å². The van der Waals surface area contributed by atoms with Gasteiger partial charge in [0.15, 0.2) is 0 Å². The summed E-state index contributed by atoms with van der Waals surface area (Å²) < 4.78 is 89.2. The van der Waals surface area contributed by atoms with E-state index in [1.807, 2.05) is 0 Å². The zero-order valence-corrected chi connectivity index (χ0v) is 12.4. The van der Waals surface area contributed by atoms with Gasteiger partial charge in [0.05, 0.1) is 17.7 Å². The molecule has 146 valence electrons. The highest BCUT2D eigenvalue weighted by Gasteiger charge is 2.74. The molecular formula is C13H9F7O6. The minimum absolute atomic E-state index is 0.281. The lowest BCUT2D eigenvalue weighted by atomic mass is 10.1. The second-order valence-corrected chi connectivity index (χ2v) is 4.52. The second-order valence-electron chi connectivity index (χ2n) is 4.52. The van der Waals surface area contributed by atoms with Gasteiger partial charge in [0, 0.05) is 0 Å². The fourth-order valence-electron chi connectivity index (χ4n) is 1.38. The molecule has 0 fully saturated rings. The molecule has 0 radical (unpaired) electrons. The largest absolute Gasteiger partial charge is 0.478 e. The summed E-state index contributed by atoms with van der Waals surface area (Å²) in [6, 6.07) is 4.34. The standard InChI is InChI=1S/C13H9F7O6/c14-11(15,12(16,17)18)13(19,20)24-4-5-25-26-10(23)8-3-1-2-7(6-8)9(21)22/h1-3,6H,4-5H2,(H,21,22). The van der Waals surface area contributed by atoms with Crippen LogP contribution >= 0.6 is 0 Å². The summed E-state index contributed by atoms with van der Waals surface area (Å²) in [7, 11) is 0. The van der Waals surface area contributed by atoms with Crippen LogP contribution < -0.4 is 0 Å². The Morgan fingerprint density at radius 1 is 0.962 bits per heavy atom. The average molecular weight is 394 g/mol. The Bertz CT molecular complexity index is 659. The third kappa shape index (κ3) is 5.05. The minimum atomic E-state index is -6.54. The number of ether oxygens (including phenoxy) is 1. The Morgan fingerprint density at radius 2 is 1.54 bits per heavy atom. The Balaban J connectivity index is 2.49. The summed E-state index contributed by atoms with van der Waals surface area (Å²) in [6.07, 6.45) is -12.4. The molecule has 1 N–H and O–H groups in total. The SMILES string of the molecule is O=C(O)c1cccc(C(=O)OOCCOC(F)(F)C(F)(F)C(F)(F)F)c1. The van der Waals surface area contributed by atoms with Crippen LogP contribution in [0.3, 0.4) is 0 Å². The van der Waals surface area contributed by atoms with Gasteiger partial charge in [-0.1, -0.05) is 6.07 Å². The van der Waals surface area contributed by atoms with E-state index in [2.05, 4.69) is 14.5 Å². The summed E-state index contributed by atoms with van der Waals surface area (Å²) in [6.45, 7) is -2.57. The van der Waals surface area contributed by atoms with Crippen molar-refractivity contribution in [1.82, 2.24) is 0 Å². The molecule has 6 nitrogen and oxygen atoms in total. The molecule has 0 spiro atoms. The third-order valence-corrected chi connectivity index (χ3v) is 2.65. The van der Waals surface area contributed by atoms with Crippen molar-refractivity contribution in [2.75, 3.05) is 13.2 Å². The van der Waals surface area contributed by atoms with Gasteiger partial charge in [0.25, 0.3) is 0 Å². The predicted molar refractivity (Wildman–Crippen MR) is 66.7 cm³/mol. The molecule has 0 aliphatic carbocycles. The number of carboxylic acid groups (broad SMARTS) is 1. The van der Waals surface area contributed by atoms with Crippen LogP contribution in [0.1, 0.15) is 20.7 Å². The fraction of sp³-hybridized carbons (Fsp3) is 0.385. The first-order chi connectivity index (χ1) is 11.8. The van der Waals surface area contributed by atoms with Crippen molar-refractivity contribution in [3.8, 4) is 0 Å². The number of aromatic carboxylic acids is 1. The predicted octanol–water partition coefficient (Wildman–Crippen LogP) is 3.28. The molecule has 1 aromatic rings. The number of carbonyl (C=O) groups is 2. The molecule has 0 bridgehead atoms. The Labute approximate surface area is 140 Å². The van der Waals surface area contributed by atoms with Crippen molar-refractivity contribution in [2.45, 2.75) is 18.2 Å². The van der Waals surface area contributed by atoms with E-state index < -0.39 is 43.4 Å². The topological polar surface area (TPSA) is 82.1 Å². The smallest absolute Gasteiger partial charge is 0.462 e. The van der Waals surface area contributed by atoms with Crippen LogP contribution in [-0.4, -0.2) is 48.5 Å². The van der Waals surface area contributed by atoms with Gasteiger partial charge in [-0.25, -0.2) is 9.59 Å². The van der Waals surface area contributed by atoms with Gasteiger partial charge in [-0.15, -0.1) is 0 Å². The van der Waals surface area contributed by atoms with E-state index in [1.165, 1.54) is 6.07 Å². The van der Waals surface area contributed by atoms with Gasteiger partial charge in [-0.3, -0.25) is 4.89 Å². The van der Waals surface area contributed by atoms with Crippen molar-refractivity contribution < 1.29 is 59.9 Å². The molecule has 13 heteroatoms. The quantitative estimate of drug-likeness (QED) is 0.316. The number of rotatable bonds is 8. The number of halogens is 7. The van der Waals surface area contributed by atoms with Crippen LogP contribution in [0.4, 0.5) is 30.7 Å². The van der Waals surface area contributed by atoms with Crippen molar-refractivity contribution >= 4 is 11.9 Å². The monoisotopic (exact) mass is 394 g/mol. The van der Waals surface area contributed by atoms with Crippen molar-refractivity contribution in [1.29, 1.82) is 0 Å². The normalized spacial score (nSPS) is 12.7. The minimum Gasteiger partial charge on any atom is -0.478 e. The van der Waals surface area contributed by atoms with E-state index in [4.69, 9.17) is 5.11 Å². The molecule has 0 aliphatic heterocycles. The first-order valence-corrected chi connectivity index (χ1v) is 6.43. The number of carbonyl (C=O) groups excluding carboxylic acids is 1. The van der Waals surface area contributed by atoms with Crippen molar-refractivity contribution in [2.24, 2.45) is 0 Å². The van der Waals surface area contributed by atoms with Crippen LogP contribution in [0.25, 0.3) is 0 Å². The number of hydrogen-bond acceptors (Lipinski definition) is 5. The van der Waals surface area contributed by atoms with Crippen LogP contribution in [0.2, 0.25) is 0 Å². The molecule has 0 amide bonds.